The Labute approximate surface area is 127 Å². The van der Waals surface area contributed by atoms with E-state index in [1.54, 1.807) is 17.3 Å². The molecule has 2 aromatic heterocycles. The third kappa shape index (κ3) is 3.48. The van der Waals surface area contributed by atoms with E-state index < -0.39 is 5.95 Å². The molecule has 1 saturated heterocycles. The molecule has 1 atom stereocenters. The predicted octanol–water partition coefficient (Wildman–Crippen LogP) is 1.77. The molecule has 22 heavy (non-hydrogen) atoms. The highest BCUT2D eigenvalue weighted by Crippen LogP contribution is 2.16. The highest BCUT2D eigenvalue weighted by atomic mass is 19.1. The van der Waals surface area contributed by atoms with Crippen LogP contribution in [0.15, 0.2) is 30.6 Å². The zero-order valence-electron chi connectivity index (χ0n) is 12.0. The first-order valence-electron chi connectivity index (χ1n) is 7.23. The van der Waals surface area contributed by atoms with Gasteiger partial charge in [-0.15, -0.1) is 0 Å². The minimum Gasteiger partial charge on any atom is -0.376 e. The largest absolute Gasteiger partial charge is 0.376 e. The monoisotopic (exact) mass is 304 g/mol. The van der Waals surface area contributed by atoms with Gasteiger partial charge in [0.15, 0.2) is 5.69 Å². The molecule has 0 radical (unpaired) electrons. The number of nitrogens with zero attached hydrogens (tertiary/aromatic N) is 3. The smallest absolute Gasteiger partial charge is 0.274 e. The van der Waals surface area contributed by atoms with Gasteiger partial charge >= 0.3 is 0 Å². The normalized spacial score (nSPS) is 17.6. The van der Waals surface area contributed by atoms with Gasteiger partial charge in [0.2, 0.25) is 5.95 Å². The number of aromatic amines is 1. The van der Waals surface area contributed by atoms with Crippen molar-refractivity contribution in [2.24, 2.45) is 0 Å². The summed E-state index contributed by atoms with van der Waals surface area (Å²) in [6, 6.07) is 4.80. The molecule has 0 spiro atoms. The van der Waals surface area contributed by atoms with Crippen LogP contribution in [-0.4, -0.2) is 45.2 Å². The Bertz CT molecular complexity index is 625. The van der Waals surface area contributed by atoms with E-state index in [1.165, 1.54) is 0 Å². The van der Waals surface area contributed by atoms with E-state index >= 15 is 0 Å². The Morgan fingerprint density at radius 3 is 2.91 bits per heavy atom. The van der Waals surface area contributed by atoms with Gasteiger partial charge in [-0.1, -0.05) is 0 Å². The lowest BCUT2D eigenvalue weighted by atomic mass is 10.2. The molecule has 1 N–H and O–H groups in total. The van der Waals surface area contributed by atoms with Gasteiger partial charge in [0.1, 0.15) is 0 Å². The minimum absolute atomic E-state index is 0.0228. The fourth-order valence-electron chi connectivity index (χ4n) is 2.53. The first kappa shape index (κ1) is 14.6. The van der Waals surface area contributed by atoms with Crippen LogP contribution >= 0.6 is 0 Å². The Hall–Kier alpha value is -2.28. The number of hydrogen-bond donors (Lipinski definition) is 1. The number of aromatic nitrogens is 3. The summed E-state index contributed by atoms with van der Waals surface area (Å²) in [5.41, 5.74) is 1.03. The van der Waals surface area contributed by atoms with Gasteiger partial charge in [-0.05, 0) is 30.5 Å². The lowest BCUT2D eigenvalue weighted by Gasteiger charge is -2.24. The van der Waals surface area contributed by atoms with Gasteiger partial charge in [-0.25, -0.2) is 0 Å². The molecule has 1 fully saturated rings. The molecule has 6 nitrogen and oxygen atoms in total. The van der Waals surface area contributed by atoms with E-state index in [2.05, 4.69) is 15.2 Å². The number of nitrogens with one attached hydrogen (secondary N) is 1. The average Bonchev–Trinajstić information content (AvgIpc) is 3.18. The van der Waals surface area contributed by atoms with Gasteiger partial charge in [0, 0.05) is 38.2 Å². The maximum Gasteiger partial charge on any atom is 0.274 e. The van der Waals surface area contributed by atoms with Gasteiger partial charge in [-0.2, -0.15) is 9.49 Å². The summed E-state index contributed by atoms with van der Waals surface area (Å²) in [7, 11) is 0. The van der Waals surface area contributed by atoms with Crippen LogP contribution in [-0.2, 0) is 11.3 Å². The van der Waals surface area contributed by atoms with Crippen LogP contribution in [0, 0.1) is 5.95 Å². The number of hydrogen-bond acceptors (Lipinski definition) is 4. The molecule has 0 saturated carbocycles. The molecule has 1 aliphatic heterocycles. The number of carbonyl (C=O) groups excluding carboxylic acids is 1. The lowest BCUT2D eigenvalue weighted by molar-refractivity contribution is 0.0503. The SMILES string of the molecule is O=C(c1cc(F)[nH]n1)N(Cc1ccncc1)CC1CCCO1. The van der Waals surface area contributed by atoms with Crippen molar-refractivity contribution >= 4 is 5.91 Å². The zero-order chi connectivity index (χ0) is 15.4. The number of amides is 1. The highest BCUT2D eigenvalue weighted by molar-refractivity contribution is 5.92. The maximum atomic E-state index is 13.1. The second-order valence-electron chi connectivity index (χ2n) is 5.28. The molecule has 116 valence electrons. The summed E-state index contributed by atoms with van der Waals surface area (Å²) < 4.78 is 18.7. The summed E-state index contributed by atoms with van der Waals surface area (Å²) >= 11 is 0. The van der Waals surface area contributed by atoms with Crippen LogP contribution in [0.3, 0.4) is 0 Å². The fourth-order valence-corrected chi connectivity index (χ4v) is 2.53. The van der Waals surface area contributed by atoms with Crippen LogP contribution in [0.5, 0.6) is 0 Å². The van der Waals surface area contributed by atoms with Gasteiger partial charge in [0.25, 0.3) is 5.91 Å². The van der Waals surface area contributed by atoms with E-state index in [-0.39, 0.29) is 17.7 Å². The van der Waals surface area contributed by atoms with Crippen LogP contribution in [0.4, 0.5) is 4.39 Å². The molecule has 2 aromatic rings. The fraction of sp³-hybridized carbons (Fsp3) is 0.400. The van der Waals surface area contributed by atoms with Crippen LogP contribution in [0.25, 0.3) is 0 Å². The van der Waals surface area contributed by atoms with E-state index in [4.69, 9.17) is 4.74 Å². The van der Waals surface area contributed by atoms with Crippen molar-refractivity contribution in [1.82, 2.24) is 20.1 Å². The minimum atomic E-state index is -0.621. The highest BCUT2D eigenvalue weighted by Gasteiger charge is 2.25. The zero-order valence-corrected chi connectivity index (χ0v) is 12.0. The van der Waals surface area contributed by atoms with Gasteiger partial charge in [0.05, 0.1) is 6.10 Å². The summed E-state index contributed by atoms with van der Waals surface area (Å²) in [6.45, 7) is 1.60. The van der Waals surface area contributed by atoms with Crippen molar-refractivity contribution in [2.45, 2.75) is 25.5 Å². The molecule has 0 bridgehead atoms. The van der Waals surface area contributed by atoms with E-state index in [0.29, 0.717) is 13.1 Å². The summed E-state index contributed by atoms with van der Waals surface area (Å²) in [6.07, 6.45) is 5.31. The van der Waals surface area contributed by atoms with Crippen LogP contribution in [0.1, 0.15) is 28.9 Å². The van der Waals surface area contributed by atoms with Crippen molar-refractivity contribution in [2.75, 3.05) is 13.2 Å². The van der Waals surface area contributed by atoms with Gasteiger partial charge in [-0.3, -0.25) is 14.9 Å². The first-order chi connectivity index (χ1) is 10.7. The number of carbonyl (C=O) groups is 1. The van der Waals surface area contributed by atoms with Crippen molar-refractivity contribution in [3.63, 3.8) is 0 Å². The number of halogens is 1. The number of rotatable bonds is 5. The Balaban J connectivity index is 1.76. The lowest BCUT2D eigenvalue weighted by Crippen LogP contribution is -2.37. The van der Waals surface area contributed by atoms with Crippen molar-refractivity contribution in [1.29, 1.82) is 0 Å². The quantitative estimate of drug-likeness (QED) is 0.914. The van der Waals surface area contributed by atoms with E-state index in [1.807, 2.05) is 12.1 Å². The number of ether oxygens (including phenoxy) is 1. The molecular formula is C15H17FN4O2. The van der Waals surface area contributed by atoms with Crippen molar-refractivity contribution in [3.05, 3.63) is 47.8 Å². The molecule has 1 aliphatic rings. The van der Waals surface area contributed by atoms with Crippen LogP contribution < -0.4 is 0 Å². The van der Waals surface area contributed by atoms with E-state index in [9.17, 15) is 9.18 Å². The molecule has 3 heterocycles. The molecule has 0 aromatic carbocycles. The molecule has 1 unspecified atom stereocenters. The Kier molecular flexibility index (Phi) is 4.43. The topological polar surface area (TPSA) is 71.1 Å². The molecule has 7 heteroatoms. The summed E-state index contributed by atoms with van der Waals surface area (Å²) in [5.74, 6) is -0.934. The third-order valence-corrected chi connectivity index (χ3v) is 3.62. The standard InChI is InChI=1S/C15H17FN4O2/c16-14-8-13(18-19-14)15(21)20(10-12-2-1-7-22-12)9-11-3-5-17-6-4-11/h3-6,8,12H,1-2,7,9-10H2,(H,18,19). The Morgan fingerprint density at radius 1 is 1.45 bits per heavy atom. The third-order valence-electron chi connectivity index (χ3n) is 3.62. The molecule has 1 amide bonds. The summed E-state index contributed by atoms with van der Waals surface area (Å²) in [4.78, 5) is 18.2. The molecular weight excluding hydrogens is 287 g/mol. The second-order valence-corrected chi connectivity index (χ2v) is 5.28. The molecule has 3 rings (SSSR count). The van der Waals surface area contributed by atoms with Gasteiger partial charge < -0.3 is 9.64 Å². The predicted molar refractivity (Wildman–Crippen MR) is 76.5 cm³/mol. The van der Waals surface area contributed by atoms with Crippen molar-refractivity contribution in [3.8, 4) is 0 Å². The summed E-state index contributed by atoms with van der Waals surface area (Å²) in [5, 5.41) is 5.86. The molecule has 0 aliphatic carbocycles. The maximum absolute atomic E-state index is 13.1. The second kappa shape index (κ2) is 6.65. The Morgan fingerprint density at radius 2 is 2.27 bits per heavy atom. The van der Waals surface area contributed by atoms with Crippen LogP contribution in [0.2, 0.25) is 0 Å². The average molecular weight is 304 g/mol. The number of pyridine rings is 1. The first-order valence-corrected chi connectivity index (χ1v) is 7.23. The van der Waals surface area contributed by atoms with Crippen molar-refractivity contribution < 1.29 is 13.9 Å². The number of H-pyrrole nitrogens is 1. The van der Waals surface area contributed by atoms with E-state index in [0.717, 1.165) is 31.1 Å².